The highest BCUT2D eigenvalue weighted by atomic mass is 32.2. The van der Waals surface area contributed by atoms with E-state index in [0.29, 0.717) is 5.69 Å². The minimum Gasteiger partial charge on any atom is -0.363 e. The van der Waals surface area contributed by atoms with Crippen LogP contribution >= 0.6 is 0 Å². The van der Waals surface area contributed by atoms with Gasteiger partial charge in [0.2, 0.25) is 15.8 Å². The molecule has 0 saturated heterocycles. The standard InChI is InChI=1S/C11H21N5O4S/c1-8(2)15-11(10(16(17)18)9(3)13-15)12-6-7-21(19,20)14(4)5/h8,12H,6-7H2,1-5H3. The Bertz CT molecular complexity index is 621. The van der Waals surface area contributed by atoms with Crippen LogP contribution in [-0.4, -0.2) is 53.8 Å². The van der Waals surface area contributed by atoms with E-state index in [1.54, 1.807) is 6.92 Å². The molecule has 0 spiro atoms. The van der Waals surface area contributed by atoms with Crippen LogP contribution in [0, 0.1) is 17.0 Å². The maximum atomic E-state index is 11.7. The number of nitrogens with zero attached hydrogens (tertiary/aromatic N) is 4. The lowest BCUT2D eigenvalue weighted by atomic mass is 10.3. The maximum Gasteiger partial charge on any atom is 0.333 e. The Kier molecular flexibility index (Phi) is 5.29. The van der Waals surface area contributed by atoms with Crippen molar-refractivity contribution < 1.29 is 13.3 Å². The quantitative estimate of drug-likeness (QED) is 0.592. The summed E-state index contributed by atoms with van der Waals surface area (Å²) in [6.07, 6.45) is 0. The molecule has 0 aliphatic heterocycles. The summed E-state index contributed by atoms with van der Waals surface area (Å²) >= 11 is 0. The van der Waals surface area contributed by atoms with Crippen LogP contribution in [0.25, 0.3) is 0 Å². The number of rotatable bonds is 7. The number of anilines is 1. The third-order valence-electron chi connectivity index (χ3n) is 2.93. The molecule has 0 unspecified atom stereocenters. The van der Waals surface area contributed by atoms with Crippen molar-refractivity contribution >= 4 is 21.5 Å². The summed E-state index contributed by atoms with van der Waals surface area (Å²) in [6.45, 7) is 5.31. The summed E-state index contributed by atoms with van der Waals surface area (Å²) in [6, 6.07) is -0.0784. The van der Waals surface area contributed by atoms with Gasteiger partial charge in [0.15, 0.2) is 0 Å². The monoisotopic (exact) mass is 319 g/mol. The van der Waals surface area contributed by atoms with Crippen molar-refractivity contribution in [1.82, 2.24) is 14.1 Å². The van der Waals surface area contributed by atoms with Crippen LogP contribution in [0.5, 0.6) is 0 Å². The van der Waals surface area contributed by atoms with Gasteiger partial charge in [-0.05, 0) is 20.8 Å². The van der Waals surface area contributed by atoms with Crippen molar-refractivity contribution in [2.24, 2.45) is 0 Å². The highest BCUT2D eigenvalue weighted by molar-refractivity contribution is 7.89. The van der Waals surface area contributed by atoms with Crippen LogP contribution in [0.15, 0.2) is 0 Å². The summed E-state index contributed by atoms with van der Waals surface area (Å²) in [5.41, 5.74) is 0.178. The zero-order valence-corrected chi connectivity index (χ0v) is 13.6. The van der Waals surface area contributed by atoms with Crippen LogP contribution in [0.3, 0.4) is 0 Å². The van der Waals surface area contributed by atoms with E-state index in [-0.39, 0.29) is 29.8 Å². The molecule has 10 heteroatoms. The van der Waals surface area contributed by atoms with Gasteiger partial charge in [-0.25, -0.2) is 17.4 Å². The lowest BCUT2D eigenvalue weighted by Crippen LogP contribution is -2.29. The predicted octanol–water partition coefficient (Wildman–Crippen LogP) is 0.984. The van der Waals surface area contributed by atoms with Crippen LogP contribution in [0.2, 0.25) is 0 Å². The lowest BCUT2D eigenvalue weighted by molar-refractivity contribution is -0.384. The number of aromatic nitrogens is 2. The fourth-order valence-corrected chi connectivity index (χ4v) is 2.50. The fourth-order valence-electron chi connectivity index (χ4n) is 1.78. The Hall–Kier alpha value is -1.68. The van der Waals surface area contributed by atoms with Crippen molar-refractivity contribution in [3.8, 4) is 0 Å². The molecule has 0 aliphatic carbocycles. The first-order valence-electron chi connectivity index (χ1n) is 6.45. The number of nitrogens with one attached hydrogen (secondary N) is 1. The number of hydrogen-bond donors (Lipinski definition) is 1. The molecule has 1 heterocycles. The number of hydrogen-bond acceptors (Lipinski definition) is 6. The van der Waals surface area contributed by atoms with Crippen molar-refractivity contribution in [2.75, 3.05) is 31.7 Å². The van der Waals surface area contributed by atoms with Crippen molar-refractivity contribution in [1.29, 1.82) is 0 Å². The Labute approximate surface area is 124 Å². The molecular weight excluding hydrogens is 298 g/mol. The average molecular weight is 319 g/mol. The van der Waals surface area contributed by atoms with Crippen LogP contribution in [0.4, 0.5) is 11.5 Å². The van der Waals surface area contributed by atoms with Crippen LogP contribution in [-0.2, 0) is 10.0 Å². The molecule has 120 valence electrons. The first-order valence-corrected chi connectivity index (χ1v) is 8.06. The van der Waals surface area contributed by atoms with Crippen LogP contribution in [0.1, 0.15) is 25.6 Å². The van der Waals surface area contributed by atoms with Gasteiger partial charge in [-0.2, -0.15) is 5.10 Å². The fraction of sp³-hybridized carbons (Fsp3) is 0.727. The summed E-state index contributed by atoms with van der Waals surface area (Å²) in [7, 11) is -0.467. The second-order valence-electron chi connectivity index (χ2n) is 5.10. The van der Waals surface area contributed by atoms with E-state index in [1.807, 2.05) is 13.8 Å². The third-order valence-corrected chi connectivity index (χ3v) is 4.77. The molecule has 0 aromatic carbocycles. The Morgan fingerprint density at radius 3 is 2.43 bits per heavy atom. The molecule has 0 fully saturated rings. The van der Waals surface area contributed by atoms with E-state index >= 15 is 0 Å². The second kappa shape index (κ2) is 6.39. The highest BCUT2D eigenvalue weighted by Crippen LogP contribution is 2.30. The molecule has 1 aromatic heterocycles. The zero-order valence-electron chi connectivity index (χ0n) is 12.8. The van der Waals surface area contributed by atoms with Gasteiger partial charge in [0.25, 0.3) is 0 Å². The highest BCUT2D eigenvalue weighted by Gasteiger charge is 2.26. The molecule has 21 heavy (non-hydrogen) atoms. The van der Waals surface area contributed by atoms with E-state index in [0.717, 1.165) is 4.31 Å². The van der Waals surface area contributed by atoms with Crippen molar-refractivity contribution in [3.63, 3.8) is 0 Å². The number of aryl methyl sites for hydroxylation is 1. The van der Waals surface area contributed by atoms with Crippen LogP contribution < -0.4 is 5.32 Å². The normalized spacial score (nSPS) is 12.1. The summed E-state index contributed by atoms with van der Waals surface area (Å²) < 4.78 is 26.0. The van der Waals surface area contributed by atoms with Gasteiger partial charge in [0.05, 0.1) is 10.7 Å². The van der Waals surface area contributed by atoms with E-state index in [4.69, 9.17) is 0 Å². The van der Waals surface area contributed by atoms with E-state index in [9.17, 15) is 18.5 Å². The minimum absolute atomic E-state index is 0.0687. The zero-order chi connectivity index (χ0) is 16.4. The summed E-state index contributed by atoms with van der Waals surface area (Å²) in [4.78, 5) is 10.6. The third kappa shape index (κ3) is 3.91. The maximum absolute atomic E-state index is 11.7. The molecule has 0 aliphatic rings. The van der Waals surface area contributed by atoms with Gasteiger partial charge in [-0.15, -0.1) is 0 Å². The van der Waals surface area contributed by atoms with Gasteiger partial charge < -0.3 is 5.32 Å². The molecule has 0 bridgehead atoms. The van der Waals surface area contributed by atoms with E-state index < -0.39 is 14.9 Å². The smallest absolute Gasteiger partial charge is 0.333 e. The van der Waals surface area contributed by atoms with E-state index in [2.05, 4.69) is 10.4 Å². The average Bonchev–Trinajstić information content (AvgIpc) is 2.66. The first kappa shape index (κ1) is 17.4. The Morgan fingerprint density at radius 2 is 2.00 bits per heavy atom. The molecule has 1 aromatic rings. The molecule has 0 saturated carbocycles. The first-order chi connectivity index (χ1) is 9.58. The van der Waals surface area contributed by atoms with Gasteiger partial charge in [-0.3, -0.25) is 10.1 Å². The second-order valence-corrected chi connectivity index (χ2v) is 7.41. The Morgan fingerprint density at radius 1 is 1.43 bits per heavy atom. The predicted molar refractivity (Wildman–Crippen MR) is 80.0 cm³/mol. The van der Waals surface area contributed by atoms with Gasteiger partial charge in [0, 0.05) is 26.7 Å². The molecule has 0 atom stereocenters. The van der Waals surface area contributed by atoms with Crippen molar-refractivity contribution in [2.45, 2.75) is 26.8 Å². The van der Waals surface area contributed by atoms with Crippen molar-refractivity contribution in [3.05, 3.63) is 15.8 Å². The molecule has 1 N–H and O–H groups in total. The lowest BCUT2D eigenvalue weighted by Gasteiger charge is -2.14. The number of nitro groups is 1. The Balaban J connectivity index is 3.00. The molecule has 1 rings (SSSR count). The minimum atomic E-state index is -3.36. The van der Waals surface area contributed by atoms with E-state index in [1.165, 1.54) is 18.8 Å². The molecule has 0 radical (unpaired) electrons. The molecule has 0 amide bonds. The SMILES string of the molecule is Cc1nn(C(C)C)c(NCCS(=O)(=O)N(C)C)c1[N+](=O)[O-]. The van der Waals surface area contributed by atoms with Gasteiger partial charge in [-0.1, -0.05) is 0 Å². The van der Waals surface area contributed by atoms with Gasteiger partial charge in [0.1, 0.15) is 5.69 Å². The summed E-state index contributed by atoms with van der Waals surface area (Å²) in [5, 5.41) is 18.1. The van der Waals surface area contributed by atoms with Gasteiger partial charge >= 0.3 is 5.69 Å². The molecule has 9 nitrogen and oxygen atoms in total. The molecular formula is C11H21N5O4S. The topological polar surface area (TPSA) is 110 Å². The summed E-state index contributed by atoms with van der Waals surface area (Å²) in [5.74, 6) is 0.0842. The largest absolute Gasteiger partial charge is 0.363 e. The number of sulfonamides is 1.